The zero-order valence-electron chi connectivity index (χ0n) is 20.4. The Labute approximate surface area is 206 Å². The lowest BCUT2D eigenvalue weighted by Gasteiger charge is -2.28. The molecule has 0 radical (unpaired) electrons. The topological polar surface area (TPSA) is 97.3 Å². The van der Waals surface area contributed by atoms with Crippen molar-refractivity contribution >= 4 is 17.9 Å². The van der Waals surface area contributed by atoms with Gasteiger partial charge in [0.2, 0.25) is 11.8 Å². The van der Waals surface area contributed by atoms with Crippen LogP contribution in [0.2, 0.25) is 0 Å². The van der Waals surface area contributed by atoms with E-state index in [1.165, 1.54) is 5.56 Å². The normalized spacial score (nSPS) is 12.8. The molecule has 188 valence electrons. The lowest BCUT2D eigenvalue weighted by atomic mass is 9.98. The summed E-state index contributed by atoms with van der Waals surface area (Å²) in [5.41, 5.74) is 4.82. The molecule has 0 aromatic heterocycles. The van der Waals surface area contributed by atoms with Crippen LogP contribution in [0.4, 0.5) is 0 Å². The van der Waals surface area contributed by atoms with Crippen LogP contribution < -0.4 is 19.7 Å². The summed E-state index contributed by atoms with van der Waals surface area (Å²) in [6, 6.07) is 11.6. The Morgan fingerprint density at radius 1 is 1.00 bits per heavy atom. The number of hydroxylamine groups is 1. The molecule has 0 saturated heterocycles. The van der Waals surface area contributed by atoms with Gasteiger partial charge < -0.3 is 19.1 Å². The van der Waals surface area contributed by atoms with Crippen LogP contribution in [0, 0.1) is 0 Å². The molecule has 8 heteroatoms. The van der Waals surface area contributed by atoms with Crippen LogP contribution >= 0.6 is 0 Å². The molecule has 0 fully saturated rings. The van der Waals surface area contributed by atoms with Crippen LogP contribution in [-0.4, -0.2) is 49.3 Å². The van der Waals surface area contributed by atoms with Crippen molar-refractivity contribution in [2.75, 3.05) is 27.4 Å². The largest absolute Gasteiger partial charge is 0.494 e. The van der Waals surface area contributed by atoms with E-state index in [-0.39, 0.29) is 11.8 Å². The molecule has 35 heavy (non-hydrogen) atoms. The lowest BCUT2D eigenvalue weighted by molar-refractivity contribution is -0.129. The predicted molar refractivity (Wildman–Crippen MR) is 133 cm³/mol. The number of ether oxygens (including phenoxy) is 3. The van der Waals surface area contributed by atoms with Crippen LogP contribution in [0.15, 0.2) is 42.5 Å². The molecule has 2 amide bonds. The Balaban J connectivity index is 1.43. The molecular formula is C27H34N2O6. The van der Waals surface area contributed by atoms with Crippen LogP contribution in [0.1, 0.15) is 48.8 Å². The maximum atomic E-state index is 12.8. The number of rotatable bonds is 12. The van der Waals surface area contributed by atoms with Gasteiger partial charge in [-0.3, -0.25) is 14.8 Å². The van der Waals surface area contributed by atoms with Crippen molar-refractivity contribution in [3.05, 3.63) is 59.2 Å². The highest BCUT2D eigenvalue weighted by atomic mass is 16.5. The van der Waals surface area contributed by atoms with Crippen LogP contribution in [0.25, 0.3) is 6.08 Å². The van der Waals surface area contributed by atoms with Gasteiger partial charge in [-0.15, -0.1) is 0 Å². The van der Waals surface area contributed by atoms with Crippen molar-refractivity contribution in [1.82, 2.24) is 10.4 Å². The second-order valence-electron chi connectivity index (χ2n) is 8.44. The number of unbranched alkanes of at least 4 members (excludes halogenated alkanes) is 3. The van der Waals surface area contributed by atoms with Gasteiger partial charge in [-0.2, -0.15) is 0 Å². The fourth-order valence-electron chi connectivity index (χ4n) is 4.01. The van der Waals surface area contributed by atoms with Crippen molar-refractivity contribution in [1.29, 1.82) is 0 Å². The highest BCUT2D eigenvalue weighted by Gasteiger charge is 2.21. The van der Waals surface area contributed by atoms with E-state index in [4.69, 9.17) is 19.4 Å². The number of hydrogen-bond donors (Lipinski definition) is 2. The first-order valence-electron chi connectivity index (χ1n) is 11.9. The van der Waals surface area contributed by atoms with E-state index in [1.54, 1.807) is 25.8 Å². The third-order valence-electron chi connectivity index (χ3n) is 6.02. The zero-order valence-corrected chi connectivity index (χ0v) is 20.4. The van der Waals surface area contributed by atoms with E-state index in [0.717, 1.165) is 49.0 Å². The van der Waals surface area contributed by atoms with E-state index >= 15 is 0 Å². The van der Waals surface area contributed by atoms with E-state index in [1.807, 2.05) is 47.4 Å². The van der Waals surface area contributed by atoms with Crippen molar-refractivity contribution in [3.63, 3.8) is 0 Å². The highest BCUT2D eigenvalue weighted by Crippen LogP contribution is 2.33. The third kappa shape index (κ3) is 7.75. The molecule has 0 spiro atoms. The van der Waals surface area contributed by atoms with Gasteiger partial charge in [-0.1, -0.05) is 25.0 Å². The number of methoxy groups -OCH3 is 2. The molecule has 0 bridgehead atoms. The summed E-state index contributed by atoms with van der Waals surface area (Å²) in [7, 11) is 3.24. The minimum absolute atomic E-state index is 0.0257. The molecule has 1 aliphatic rings. The summed E-state index contributed by atoms with van der Waals surface area (Å²) in [5, 5.41) is 8.46. The average Bonchev–Trinajstić information content (AvgIpc) is 2.90. The first-order chi connectivity index (χ1) is 17.0. The SMILES string of the molecule is COc1cc2c(cc1OC)CN(C(=O)C=Cc1ccc(OCCCCCCC(=O)NO)cc1)CC2. The molecule has 0 saturated carbocycles. The van der Waals surface area contributed by atoms with Crippen molar-refractivity contribution in [2.45, 2.75) is 45.1 Å². The van der Waals surface area contributed by atoms with Gasteiger partial charge in [-0.05, 0) is 66.3 Å². The first-order valence-corrected chi connectivity index (χ1v) is 11.9. The van der Waals surface area contributed by atoms with Crippen LogP contribution in [0.5, 0.6) is 17.2 Å². The smallest absolute Gasteiger partial charge is 0.246 e. The summed E-state index contributed by atoms with van der Waals surface area (Å²) in [5.74, 6) is 1.79. The summed E-state index contributed by atoms with van der Waals surface area (Å²) in [6.07, 6.45) is 8.07. The summed E-state index contributed by atoms with van der Waals surface area (Å²) < 4.78 is 16.5. The molecule has 1 heterocycles. The number of carbonyl (C=O) groups is 2. The van der Waals surface area contributed by atoms with Gasteiger partial charge in [0, 0.05) is 25.6 Å². The molecule has 8 nitrogen and oxygen atoms in total. The molecule has 0 aliphatic carbocycles. The zero-order chi connectivity index (χ0) is 25.0. The number of amides is 2. The van der Waals surface area contributed by atoms with E-state index in [0.29, 0.717) is 37.6 Å². The standard InChI is InChI=1S/C27H34N2O6/c1-33-24-17-21-14-15-29(19-22(21)18-25(24)34-2)27(31)13-10-20-8-11-23(12-9-20)35-16-6-4-3-5-7-26(30)28-32/h8-13,17-18,32H,3-7,14-16,19H2,1-2H3,(H,28,30). The summed E-state index contributed by atoms with van der Waals surface area (Å²) >= 11 is 0. The molecule has 3 rings (SSSR count). The molecule has 0 atom stereocenters. The minimum atomic E-state index is -0.347. The molecule has 2 aromatic rings. The quantitative estimate of drug-likeness (QED) is 0.204. The van der Waals surface area contributed by atoms with E-state index < -0.39 is 0 Å². The minimum Gasteiger partial charge on any atom is -0.494 e. The molecular weight excluding hydrogens is 448 g/mol. The van der Waals surface area contributed by atoms with Gasteiger partial charge in [0.25, 0.3) is 0 Å². The fraction of sp³-hybridized carbons (Fsp3) is 0.407. The number of nitrogens with one attached hydrogen (secondary N) is 1. The first kappa shape index (κ1) is 26.1. The number of benzene rings is 2. The monoisotopic (exact) mass is 482 g/mol. The van der Waals surface area contributed by atoms with Crippen LogP contribution in [-0.2, 0) is 22.6 Å². The Bertz CT molecular complexity index is 1020. The third-order valence-corrected chi connectivity index (χ3v) is 6.02. The van der Waals surface area contributed by atoms with Gasteiger partial charge in [0.05, 0.1) is 20.8 Å². The molecule has 2 aromatic carbocycles. The molecule has 2 N–H and O–H groups in total. The average molecular weight is 483 g/mol. The van der Waals surface area contributed by atoms with E-state index in [9.17, 15) is 9.59 Å². The maximum Gasteiger partial charge on any atom is 0.246 e. The Kier molecular flexibility index (Phi) is 9.98. The number of hydrogen-bond acceptors (Lipinski definition) is 6. The highest BCUT2D eigenvalue weighted by molar-refractivity contribution is 5.92. The second-order valence-corrected chi connectivity index (χ2v) is 8.44. The lowest BCUT2D eigenvalue weighted by Crippen LogP contribution is -2.34. The van der Waals surface area contributed by atoms with Gasteiger partial charge in [0.15, 0.2) is 11.5 Å². The Morgan fingerprint density at radius 2 is 1.69 bits per heavy atom. The number of carbonyl (C=O) groups excluding carboxylic acids is 2. The van der Waals surface area contributed by atoms with Crippen molar-refractivity contribution in [2.24, 2.45) is 0 Å². The molecule has 0 unspecified atom stereocenters. The predicted octanol–water partition coefficient (Wildman–Crippen LogP) is 4.14. The van der Waals surface area contributed by atoms with Gasteiger partial charge >= 0.3 is 0 Å². The van der Waals surface area contributed by atoms with Crippen LogP contribution in [0.3, 0.4) is 0 Å². The number of nitrogens with zero attached hydrogens (tertiary/aromatic N) is 1. The summed E-state index contributed by atoms with van der Waals surface area (Å²) in [4.78, 5) is 25.5. The summed E-state index contributed by atoms with van der Waals surface area (Å²) in [6.45, 7) is 1.81. The second kappa shape index (κ2) is 13.4. The number of fused-ring (bicyclic) bond motifs is 1. The molecule has 1 aliphatic heterocycles. The Hall–Kier alpha value is -3.52. The van der Waals surface area contributed by atoms with E-state index in [2.05, 4.69) is 0 Å². The fourth-order valence-corrected chi connectivity index (χ4v) is 4.01. The van der Waals surface area contributed by atoms with Crippen molar-refractivity contribution in [3.8, 4) is 17.2 Å². The van der Waals surface area contributed by atoms with Crippen molar-refractivity contribution < 1.29 is 29.0 Å². The van der Waals surface area contributed by atoms with Gasteiger partial charge in [-0.25, -0.2) is 5.48 Å². The maximum absolute atomic E-state index is 12.8. The van der Waals surface area contributed by atoms with Gasteiger partial charge in [0.1, 0.15) is 5.75 Å². The Morgan fingerprint density at radius 3 is 2.37 bits per heavy atom.